The Hall–Kier alpha value is -3.15. The number of carbonyl (C=O) groups excluding carboxylic acids is 3. The average molecular weight is 377 g/mol. The predicted molar refractivity (Wildman–Crippen MR) is 106 cm³/mol. The minimum absolute atomic E-state index is 0.242. The topological polar surface area (TPSA) is 69.7 Å². The molecule has 0 aliphatic carbocycles. The predicted octanol–water partition coefficient (Wildman–Crippen LogP) is 2.82. The fourth-order valence-corrected chi connectivity index (χ4v) is 4.19. The van der Waals surface area contributed by atoms with Crippen LogP contribution in [-0.4, -0.2) is 35.8 Å². The van der Waals surface area contributed by atoms with E-state index in [1.807, 2.05) is 61.5 Å². The number of hydrogen-bond acceptors (Lipinski definition) is 3. The van der Waals surface area contributed by atoms with Crippen LogP contribution in [0.1, 0.15) is 30.9 Å². The lowest BCUT2D eigenvalue weighted by atomic mass is 9.85. The monoisotopic (exact) mass is 377 g/mol. The molecule has 2 aliphatic heterocycles. The number of anilines is 1. The number of nitrogens with zero attached hydrogens (tertiary/aromatic N) is 2. The van der Waals surface area contributed by atoms with Gasteiger partial charge in [0, 0.05) is 12.2 Å². The molecule has 6 heteroatoms. The second-order valence-corrected chi connectivity index (χ2v) is 7.27. The van der Waals surface area contributed by atoms with Gasteiger partial charge in [0.15, 0.2) is 0 Å². The summed E-state index contributed by atoms with van der Waals surface area (Å²) in [6, 6.07) is 16.5. The molecule has 2 heterocycles. The van der Waals surface area contributed by atoms with E-state index in [0.29, 0.717) is 13.0 Å². The lowest BCUT2D eigenvalue weighted by Gasteiger charge is -2.27. The van der Waals surface area contributed by atoms with Crippen molar-refractivity contribution in [3.05, 3.63) is 65.7 Å². The fraction of sp³-hybridized carbons (Fsp3) is 0.318. The molecule has 4 amide bonds. The van der Waals surface area contributed by atoms with Gasteiger partial charge in [-0.25, -0.2) is 4.79 Å². The van der Waals surface area contributed by atoms with Crippen molar-refractivity contribution in [2.75, 3.05) is 18.0 Å². The number of rotatable bonds is 5. The third-order valence-electron chi connectivity index (χ3n) is 5.55. The molecule has 1 unspecified atom stereocenters. The smallest absolute Gasteiger partial charge is 0.319 e. The van der Waals surface area contributed by atoms with Gasteiger partial charge in [0.05, 0.1) is 0 Å². The van der Waals surface area contributed by atoms with Gasteiger partial charge in [-0.1, -0.05) is 61.9 Å². The molecule has 4 rings (SSSR count). The van der Waals surface area contributed by atoms with E-state index in [4.69, 9.17) is 0 Å². The third kappa shape index (κ3) is 2.85. The summed E-state index contributed by atoms with van der Waals surface area (Å²) in [5, 5.41) is 2.87. The van der Waals surface area contributed by atoms with Gasteiger partial charge in [-0.3, -0.25) is 14.5 Å². The molecule has 1 saturated heterocycles. The van der Waals surface area contributed by atoms with E-state index in [1.165, 1.54) is 0 Å². The molecule has 2 aromatic carbocycles. The van der Waals surface area contributed by atoms with Crippen molar-refractivity contribution in [1.29, 1.82) is 0 Å². The maximum atomic E-state index is 13.3. The SMILES string of the molecule is CCCC1(c2ccccc2)NC(=O)N(CC(=O)N2CCc3ccccc32)C1=O. The Bertz CT molecular complexity index is 928. The summed E-state index contributed by atoms with van der Waals surface area (Å²) in [6.07, 6.45) is 1.99. The number of fused-ring (bicyclic) bond motifs is 1. The maximum absolute atomic E-state index is 13.3. The summed E-state index contributed by atoms with van der Waals surface area (Å²) in [6.45, 7) is 2.29. The first-order valence-corrected chi connectivity index (χ1v) is 9.65. The molecule has 0 saturated carbocycles. The summed E-state index contributed by atoms with van der Waals surface area (Å²) in [5.41, 5.74) is 1.62. The van der Waals surface area contributed by atoms with Gasteiger partial charge in [-0.2, -0.15) is 0 Å². The van der Waals surface area contributed by atoms with Crippen LogP contribution in [0, 0.1) is 0 Å². The highest BCUT2D eigenvalue weighted by atomic mass is 16.2. The number of urea groups is 1. The number of carbonyl (C=O) groups is 3. The molecule has 1 fully saturated rings. The van der Waals surface area contributed by atoms with Gasteiger partial charge in [-0.15, -0.1) is 0 Å². The van der Waals surface area contributed by atoms with Gasteiger partial charge < -0.3 is 10.2 Å². The van der Waals surface area contributed by atoms with Crippen LogP contribution in [0.15, 0.2) is 54.6 Å². The molecule has 0 aromatic heterocycles. The molecule has 2 aliphatic rings. The summed E-state index contributed by atoms with van der Waals surface area (Å²) in [7, 11) is 0. The van der Waals surface area contributed by atoms with Crippen LogP contribution in [0.25, 0.3) is 0 Å². The van der Waals surface area contributed by atoms with Crippen molar-refractivity contribution in [2.45, 2.75) is 31.7 Å². The number of para-hydroxylation sites is 1. The summed E-state index contributed by atoms with van der Waals surface area (Å²) >= 11 is 0. The van der Waals surface area contributed by atoms with Gasteiger partial charge in [-0.05, 0) is 30.0 Å². The van der Waals surface area contributed by atoms with Crippen molar-refractivity contribution in [2.24, 2.45) is 0 Å². The molecule has 1 N–H and O–H groups in total. The van der Waals surface area contributed by atoms with Gasteiger partial charge in [0.25, 0.3) is 5.91 Å². The minimum Gasteiger partial charge on any atom is -0.319 e. The molecular weight excluding hydrogens is 354 g/mol. The molecule has 28 heavy (non-hydrogen) atoms. The van der Waals surface area contributed by atoms with Crippen molar-refractivity contribution in [1.82, 2.24) is 10.2 Å². The quantitative estimate of drug-likeness (QED) is 0.815. The zero-order valence-corrected chi connectivity index (χ0v) is 15.9. The average Bonchev–Trinajstić information content (AvgIpc) is 3.24. The highest BCUT2D eigenvalue weighted by molar-refractivity contribution is 6.11. The first-order valence-electron chi connectivity index (χ1n) is 9.65. The van der Waals surface area contributed by atoms with Crippen LogP contribution in [-0.2, 0) is 21.5 Å². The van der Waals surface area contributed by atoms with Crippen LogP contribution in [0.4, 0.5) is 10.5 Å². The van der Waals surface area contributed by atoms with Crippen LogP contribution in [0.5, 0.6) is 0 Å². The van der Waals surface area contributed by atoms with Crippen molar-refractivity contribution < 1.29 is 14.4 Å². The molecular formula is C22H23N3O3. The van der Waals surface area contributed by atoms with Crippen molar-refractivity contribution in [3.63, 3.8) is 0 Å². The van der Waals surface area contributed by atoms with Crippen molar-refractivity contribution >= 4 is 23.5 Å². The Morgan fingerprint density at radius 3 is 2.54 bits per heavy atom. The second-order valence-electron chi connectivity index (χ2n) is 7.27. The Morgan fingerprint density at radius 1 is 1.07 bits per heavy atom. The second kappa shape index (κ2) is 7.11. The van der Waals surface area contributed by atoms with Gasteiger partial charge in [0.2, 0.25) is 5.91 Å². The Kier molecular flexibility index (Phi) is 4.63. The highest BCUT2D eigenvalue weighted by Gasteiger charge is 2.52. The summed E-state index contributed by atoms with van der Waals surface area (Å²) in [4.78, 5) is 41.6. The lowest BCUT2D eigenvalue weighted by molar-refractivity contribution is -0.134. The number of benzene rings is 2. The van der Waals surface area contributed by atoms with Crippen LogP contribution in [0.2, 0.25) is 0 Å². The Labute approximate surface area is 164 Å². The standard InChI is InChI=1S/C22H23N3O3/c1-2-13-22(17-9-4-3-5-10-17)20(27)25(21(28)23-22)15-19(26)24-14-12-16-8-6-7-11-18(16)24/h3-11H,2,12-15H2,1H3,(H,23,28). The summed E-state index contributed by atoms with van der Waals surface area (Å²) in [5.74, 6) is -0.597. The van der Waals surface area contributed by atoms with Crippen LogP contribution < -0.4 is 10.2 Å². The Morgan fingerprint density at radius 2 is 1.79 bits per heavy atom. The maximum Gasteiger partial charge on any atom is 0.325 e. The molecule has 1 atom stereocenters. The molecule has 144 valence electrons. The molecule has 0 radical (unpaired) electrons. The van der Waals surface area contributed by atoms with E-state index in [9.17, 15) is 14.4 Å². The minimum atomic E-state index is -1.10. The van der Waals surface area contributed by atoms with Crippen LogP contribution in [0.3, 0.4) is 0 Å². The fourth-order valence-electron chi connectivity index (χ4n) is 4.19. The van der Waals surface area contributed by atoms with E-state index in [-0.39, 0.29) is 18.4 Å². The molecule has 6 nitrogen and oxygen atoms in total. The number of amides is 4. The van der Waals surface area contributed by atoms with Crippen molar-refractivity contribution in [3.8, 4) is 0 Å². The van der Waals surface area contributed by atoms with E-state index in [1.54, 1.807) is 4.90 Å². The molecule has 0 spiro atoms. The lowest BCUT2D eigenvalue weighted by Crippen LogP contribution is -2.45. The number of hydrogen-bond donors (Lipinski definition) is 1. The highest BCUT2D eigenvalue weighted by Crippen LogP contribution is 2.34. The normalized spacial score (nSPS) is 21.0. The van der Waals surface area contributed by atoms with E-state index < -0.39 is 11.6 Å². The van der Waals surface area contributed by atoms with Gasteiger partial charge in [0.1, 0.15) is 12.1 Å². The number of imide groups is 1. The molecule has 0 bridgehead atoms. The third-order valence-corrected chi connectivity index (χ3v) is 5.55. The zero-order valence-electron chi connectivity index (χ0n) is 15.9. The number of nitrogens with one attached hydrogen (secondary N) is 1. The summed E-state index contributed by atoms with van der Waals surface area (Å²) < 4.78 is 0. The van der Waals surface area contributed by atoms with E-state index in [2.05, 4.69) is 5.32 Å². The van der Waals surface area contributed by atoms with Crippen LogP contribution >= 0.6 is 0 Å². The first kappa shape index (κ1) is 18.2. The van der Waals surface area contributed by atoms with Gasteiger partial charge >= 0.3 is 6.03 Å². The molecule has 2 aromatic rings. The zero-order chi connectivity index (χ0) is 19.7. The Balaban J connectivity index is 1.58. The van der Waals surface area contributed by atoms with E-state index >= 15 is 0 Å². The first-order chi connectivity index (χ1) is 13.6. The largest absolute Gasteiger partial charge is 0.325 e. The van der Waals surface area contributed by atoms with E-state index in [0.717, 1.165) is 34.6 Å².